The van der Waals surface area contributed by atoms with Crippen molar-refractivity contribution in [2.75, 3.05) is 5.73 Å². The highest BCUT2D eigenvalue weighted by atomic mass is 16.5. The lowest BCUT2D eigenvalue weighted by Crippen LogP contribution is -2.04. The topological polar surface area (TPSA) is 53.1 Å². The van der Waals surface area contributed by atoms with Crippen molar-refractivity contribution in [2.24, 2.45) is 0 Å². The van der Waals surface area contributed by atoms with Crippen molar-refractivity contribution in [3.8, 4) is 5.75 Å². The molecule has 4 nitrogen and oxygen atoms in total. The molecule has 4 heteroatoms. The van der Waals surface area contributed by atoms with E-state index in [0.717, 1.165) is 17.0 Å². The number of rotatable bonds is 4. The van der Waals surface area contributed by atoms with Crippen LogP contribution in [0.25, 0.3) is 0 Å². The van der Waals surface area contributed by atoms with Gasteiger partial charge in [0.2, 0.25) is 0 Å². The molecule has 0 aliphatic rings. The number of benzene rings is 1. The van der Waals surface area contributed by atoms with Crippen LogP contribution in [0.5, 0.6) is 5.75 Å². The highest BCUT2D eigenvalue weighted by Crippen LogP contribution is 2.21. The van der Waals surface area contributed by atoms with Gasteiger partial charge < -0.3 is 10.5 Å². The number of nitrogens with zero attached hydrogens (tertiary/aromatic N) is 2. The molecule has 1 aromatic carbocycles. The summed E-state index contributed by atoms with van der Waals surface area (Å²) in [6, 6.07) is 8.01. The maximum atomic E-state index is 5.74. The van der Waals surface area contributed by atoms with Crippen molar-refractivity contribution in [3.05, 3.63) is 41.7 Å². The van der Waals surface area contributed by atoms with Crippen LogP contribution in [0.3, 0.4) is 0 Å². The molecule has 0 fully saturated rings. The summed E-state index contributed by atoms with van der Waals surface area (Å²) in [6.07, 6.45) is 1.97. The normalized spacial score (nSPS) is 10.9. The first kappa shape index (κ1) is 12.5. The Morgan fingerprint density at radius 1 is 1.33 bits per heavy atom. The van der Waals surface area contributed by atoms with Gasteiger partial charge in [0, 0.05) is 24.0 Å². The van der Waals surface area contributed by atoms with Crippen LogP contribution in [-0.2, 0) is 6.61 Å². The summed E-state index contributed by atoms with van der Waals surface area (Å²) in [5.74, 6) is 0.814. The second-order valence-electron chi connectivity index (χ2n) is 4.69. The van der Waals surface area contributed by atoms with E-state index in [4.69, 9.17) is 10.5 Å². The summed E-state index contributed by atoms with van der Waals surface area (Å²) < 4.78 is 7.66. The molecule has 0 unspecified atom stereocenters. The molecule has 0 radical (unpaired) electrons. The Morgan fingerprint density at radius 3 is 2.78 bits per heavy atom. The Bertz CT molecular complexity index is 532. The quantitative estimate of drug-likeness (QED) is 0.843. The number of aromatic nitrogens is 2. The number of nitrogen functional groups attached to an aromatic ring is 1. The number of anilines is 1. The third-order valence-corrected chi connectivity index (χ3v) is 2.78. The number of hydrogen-bond donors (Lipinski definition) is 1. The van der Waals surface area contributed by atoms with E-state index in [2.05, 4.69) is 18.9 Å². The highest BCUT2D eigenvalue weighted by Gasteiger charge is 2.04. The van der Waals surface area contributed by atoms with Crippen LogP contribution in [-0.4, -0.2) is 9.78 Å². The lowest BCUT2D eigenvalue weighted by Gasteiger charge is -2.08. The van der Waals surface area contributed by atoms with E-state index >= 15 is 0 Å². The Labute approximate surface area is 107 Å². The first-order valence-electron chi connectivity index (χ1n) is 6.09. The molecule has 0 aliphatic carbocycles. The van der Waals surface area contributed by atoms with Crippen LogP contribution in [0.2, 0.25) is 0 Å². The molecule has 0 amide bonds. The minimum Gasteiger partial charge on any atom is -0.487 e. The Morgan fingerprint density at radius 2 is 2.11 bits per heavy atom. The van der Waals surface area contributed by atoms with Crippen molar-refractivity contribution in [1.29, 1.82) is 0 Å². The summed E-state index contributed by atoms with van der Waals surface area (Å²) in [7, 11) is 0. The molecular formula is C14H19N3O. The molecule has 96 valence electrons. The third-order valence-electron chi connectivity index (χ3n) is 2.78. The average molecular weight is 245 g/mol. The molecule has 0 atom stereocenters. The van der Waals surface area contributed by atoms with Gasteiger partial charge in [-0.2, -0.15) is 5.10 Å². The molecule has 1 aromatic heterocycles. The van der Waals surface area contributed by atoms with E-state index in [1.807, 2.05) is 42.1 Å². The largest absolute Gasteiger partial charge is 0.487 e. The molecule has 0 spiro atoms. The molecule has 18 heavy (non-hydrogen) atoms. The van der Waals surface area contributed by atoms with E-state index in [0.29, 0.717) is 18.3 Å². The number of aryl methyl sites for hydroxylation is 1. The number of hydrogen-bond acceptors (Lipinski definition) is 3. The maximum absolute atomic E-state index is 5.74. The van der Waals surface area contributed by atoms with Crippen LogP contribution < -0.4 is 10.5 Å². The van der Waals surface area contributed by atoms with Crippen LogP contribution in [0.4, 0.5) is 5.69 Å². The molecule has 2 rings (SSSR count). The SMILES string of the molecule is Cc1ccc(N)cc1OCc1ccn(C(C)C)n1. The van der Waals surface area contributed by atoms with Gasteiger partial charge in [0.05, 0.1) is 5.69 Å². The van der Waals surface area contributed by atoms with E-state index in [1.165, 1.54) is 0 Å². The van der Waals surface area contributed by atoms with Gasteiger partial charge in [-0.1, -0.05) is 6.07 Å². The molecule has 0 bridgehead atoms. The molecule has 2 N–H and O–H groups in total. The minimum atomic E-state index is 0.368. The zero-order valence-electron chi connectivity index (χ0n) is 11.1. The molecule has 0 aliphatic heterocycles. The summed E-state index contributed by atoms with van der Waals surface area (Å²) in [4.78, 5) is 0. The van der Waals surface area contributed by atoms with Gasteiger partial charge in [-0.05, 0) is 38.5 Å². The van der Waals surface area contributed by atoms with Crippen molar-refractivity contribution < 1.29 is 4.74 Å². The lowest BCUT2D eigenvalue weighted by atomic mass is 10.2. The van der Waals surface area contributed by atoms with E-state index < -0.39 is 0 Å². The maximum Gasteiger partial charge on any atom is 0.132 e. The number of ether oxygens (including phenoxy) is 1. The Kier molecular flexibility index (Phi) is 3.55. The standard InChI is InChI=1S/C14H19N3O/c1-10(2)17-7-6-13(16-17)9-18-14-8-12(15)5-4-11(14)3/h4-8,10H,9,15H2,1-3H3. The van der Waals surface area contributed by atoms with E-state index in [1.54, 1.807) is 0 Å². The van der Waals surface area contributed by atoms with Crippen LogP contribution in [0.15, 0.2) is 30.5 Å². The molecule has 1 heterocycles. The van der Waals surface area contributed by atoms with E-state index in [9.17, 15) is 0 Å². The zero-order chi connectivity index (χ0) is 13.1. The second kappa shape index (κ2) is 5.12. The van der Waals surface area contributed by atoms with Gasteiger partial charge in [0.1, 0.15) is 12.4 Å². The highest BCUT2D eigenvalue weighted by molar-refractivity contribution is 5.47. The van der Waals surface area contributed by atoms with Crippen molar-refractivity contribution >= 4 is 5.69 Å². The first-order chi connectivity index (χ1) is 8.56. The summed E-state index contributed by atoms with van der Waals surface area (Å²) in [5, 5.41) is 4.44. The zero-order valence-corrected chi connectivity index (χ0v) is 11.1. The first-order valence-corrected chi connectivity index (χ1v) is 6.09. The predicted octanol–water partition coefficient (Wildman–Crippen LogP) is 2.93. The molecule has 0 saturated heterocycles. The van der Waals surface area contributed by atoms with Crippen LogP contribution >= 0.6 is 0 Å². The van der Waals surface area contributed by atoms with Crippen LogP contribution in [0.1, 0.15) is 31.1 Å². The summed E-state index contributed by atoms with van der Waals surface area (Å²) in [6.45, 7) is 6.66. The monoisotopic (exact) mass is 245 g/mol. The molecular weight excluding hydrogens is 226 g/mol. The minimum absolute atomic E-state index is 0.368. The van der Waals surface area contributed by atoms with E-state index in [-0.39, 0.29) is 0 Å². The van der Waals surface area contributed by atoms with Gasteiger partial charge in [-0.25, -0.2) is 0 Å². The van der Waals surface area contributed by atoms with Crippen molar-refractivity contribution in [1.82, 2.24) is 9.78 Å². The van der Waals surface area contributed by atoms with Gasteiger partial charge in [-0.3, -0.25) is 4.68 Å². The Hall–Kier alpha value is -1.97. The summed E-state index contributed by atoms with van der Waals surface area (Å²) >= 11 is 0. The van der Waals surface area contributed by atoms with Crippen molar-refractivity contribution in [3.63, 3.8) is 0 Å². The fourth-order valence-electron chi connectivity index (χ4n) is 1.67. The fraction of sp³-hybridized carbons (Fsp3) is 0.357. The van der Waals surface area contributed by atoms with Crippen molar-refractivity contribution in [2.45, 2.75) is 33.4 Å². The molecule has 0 saturated carbocycles. The van der Waals surface area contributed by atoms with Crippen LogP contribution in [0, 0.1) is 6.92 Å². The average Bonchev–Trinajstić information content (AvgIpc) is 2.79. The summed E-state index contributed by atoms with van der Waals surface area (Å²) in [5.41, 5.74) is 8.45. The second-order valence-corrected chi connectivity index (χ2v) is 4.69. The molecule has 2 aromatic rings. The third kappa shape index (κ3) is 2.83. The lowest BCUT2D eigenvalue weighted by molar-refractivity contribution is 0.297. The van der Waals surface area contributed by atoms with Gasteiger partial charge in [0.15, 0.2) is 0 Å². The number of nitrogens with two attached hydrogens (primary N) is 1. The van der Waals surface area contributed by atoms with Gasteiger partial charge in [-0.15, -0.1) is 0 Å². The van der Waals surface area contributed by atoms with Gasteiger partial charge in [0.25, 0.3) is 0 Å². The predicted molar refractivity (Wildman–Crippen MR) is 72.5 cm³/mol. The smallest absolute Gasteiger partial charge is 0.132 e. The fourth-order valence-corrected chi connectivity index (χ4v) is 1.67. The van der Waals surface area contributed by atoms with Gasteiger partial charge >= 0.3 is 0 Å². The Balaban J connectivity index is 2.04.